The summed E-state index contributed by atoms with van der Waals surface area (Å²) in [5, 5.41) is 3.55. The normalized spacial score (nSPS) is 23.6. The summed E-state index contributed by atoms with van der Waals surface area (Å²) < 4.78 is 5.66. The highest BCUT2D eigenvalue weighted by atomic mass is 35.5. The number of nitrogens with zero attached hydrogens (tertiary/aromatic N) is 1. The molecule has 1 aromatic carbocycles. The van der Waals surface area contributed by atoms with Gasteiger partial charge in [-0.15, -0.1) is 0 Å². The quantitative estimate of drug-likeness (QED) is 0.932. The van der Waals surface area contributed by atoms with E-state index < -0.39 is 0 Å². The van der Waals surface area contributed by atoms with Crippen molar-refractivity contribution in [1.29, 1.82) is 0 Å². The van der Waals surface area contributed by atoms with Crippen molar-refractivity contribution in [3.63, 3.8) is 0 Å². The van der Waals surface area contributed by atoms with Crippen LogP contribution in [0, 0.1) is 6.92 Å². The van der Waals surface area contributed by atoms with Gasteiger partial charge in [-0.05, 0) is 38.5 Å². The van der Waals surface area contributed by atoms with Crippen LogP contribution in [0.1, 0.15) is 19.4 Å². The molecule has 2 rings (SSSR count). The maximum atomic E-state index is 12.1. The zero-order valence-corrected chi connectivity index (χ0v) is 12.9. The first-order valence-electron chi connectivity index (χ1n) is 6.88. The fraction of sp³-hybridized carbons (Fsp3) is 0.533. The number of nitrogens with one attached hydrogen (secondary N) is 1. The second kappa shape index (κ2) is 6.57. The highest BCUT2D eigenvalue weighted by Gasteiger charge is 2.23. The van der Waals surface area contributed by atoms with Crippen molar-refractivity contribution < 1.29 is 9.53 Å². The van der Waals surface area contributed by atoms with E-state index in [2.05, 4.69) is 10.2 Å². The number of morpholine rings is 1. The SMILES string of the molecule is Cc1ccc(Cl)cc1NC(=O)CN1CC(C)OC(C)C1. The van der Waals surface area contributed by atoms with Crippen LogP contribution in [0.25, 0.3) is 0 Å². The minimum Gasteiger partial charge on any atom is -0.373 e. The van der Waals surface area contributed by atoms with Crippen LogP contribution in [0.2, 0.25) is 5.02 Å². The highest BCUT2D eigenvalue weighted by Crippen LogP contribution is 2.20. The van der Waals surface area contributed by atoms with Crippen molar-refractivity contribution >= 4 is 23.2 Å². The van der Waals surface area contributed by atoms with Crippen molar-refractivity contribution in [2.75, 3.05) is 25.0 Å². The number of benzene rings is 1. The van der Waals surface area contributed by atoms with E-state index in [4.69, 9.17) is 16.3 Å². The number of hydrogen-bond acceptors (Lipinski definition) is 3. The van der Waals surface area contributed by atoms with Gasteiger partial charge in [0.2, 0.25) is 5.91 Å². The van der Waals surface area contributed by atoms with Gasteiger partial charge in [-0.1, -0.05) is 17.7 Å². The van der Waals surface area contributed by atoms with Crippen molar-refractivity contribution in [3.8, 4) is 0 Å². The molecule has 5 heteroatoms. The van der Waals surface area contributed by atoms with E-state index >= 15 is 0 Å². The van der Waals surface area contributed by atoms with E-state index in [1.165, 1.54) is 0 Å². The Hall–Kier alpha value is -1.10. The monoisotopic (exact) mass is 296 g/mol. The molecule has 1 N–H and O–H groups in total. The lowest BCUT2D eigenvalue weighted by Gasteiger charge is -2.34. The van der Waals surface area contributed by atoms with Crippen LogP contribution < -0.4 is 5.32 Å². The number of hydrogen-bond donors (Lipinski definition) is 1. The number of carbonyl (C=O) groups excluding carboxylic acids is 1. The Kier molecular flexibility index (Phi) is 5.02. The van der Waals surface area contributed by atoms with E-state index in [9.17, 15) is 4.79 Å². The van der Waals surface area contributed by atoms with Gasteiger partial charge < -0.3 is 10.1 Å². The zero-order valence-electron chi connectivity index (χ0n) is 12.1. The first kappa shape index (κ1) is 15.3. The van der Waals surface area contributed by atoms with Gasteiger partial charge in [0.15, 0.2) is 0 Å². The predicted octanol–water partition coefficient (Wildman–Crippen LogP) is 2.70. The number of ether oxygens (including phenoxy) is 1. The molecule has 0 saturated carbocycles. The first-order valence-corrected chi connectivity index (χ1v) is 7.25. The summed E-state index contributed by atoms with van der Waals surface area (Å²) in [7, 11) is 0. The Morgan fingerprint density at radius 3 is 2.70 bits per heavy atom. The van der Waals surface area contributed by atoms with Gasteiger partial charge in [0, 0.05) is 23.8 Å². The number of amides is 1. The molecule has 1 heterocycles. The molecule has 0 spiro atoms. The Bertz CT molecular complexity index is 483. The van der Waals surface area contributed by atoms with Crippen LogP contribution in [0.5, 0.6) is 0 Å². The molecule has 1 aliphatic rings. The summed E-state index contributed by atoms with van der Waals surface area (Å²) in [6, 6.07) is 5.49. The van der Waals surface area contributed by atoms with E-state index in [1.54, 1.807) is 6.07 Å². The summed E-state index contributed by atoms with van der Waals surface area (Å²) in [5.41, 5.74) is 1.78. The summed E-state index contributed by atoms with van der Waals surface area (Å²) in [6.45, 7) is 7.96. The van der Waals surface area contributed by atoms with Crippen molar-refractivity contribution in [1.82, 2.24) is 4.90 Å². The number of rotatable bonds is 3. The maximum absolute atomic E-state index is 12.1. The molecule has 0 bridgehead atoms. The fourth-order valence-corrected chi connectivity index (χ4v) is 2.71. The predicted molar refractivity (Wildman–Crippen MR) is 81.3 cm³/mol. The summed E-state index contributed by atoms with van der Waals surface area (Å²) in [6.07, 6.45) is 0.332. The second-order valence-corrected chi connectivity index (χ2v) is 5.90. The molecule has 0 radical (unpaired) electrons. The lowest BCUT2D eigenvalue weighted by Crippen LogP contribution is -2.48. The Morgan fingerprint density at radius 1 is 1.40 bits per heavy atom. The molecule has 20 heavy (non-hydrogen) atoms. The van der Waals surface area contributed by atoms with E-state index in [-0.39, 0.29) is 18.1 Å². The van der Waals surface area contributed by atoms with Gasteiger partial charge in [0.1, 0.15) is 0 Å². The van der Waals surface area contributed by atoms with Crippen LogP contribution in [0.15, 0.2) is 18.2 Å². The van der Waals surface area contributed by atoms with Gasteiger partial charge in [0.25, 0.3) is 0 Å². The van der Waals surface area contributed by atoms with Crippen molar-refractivity contribution in [3.05, 3.63) is 28.8 Å². The summed E-state index contributed by atoms with van der Waals surface area (Å²) in [5.74, 6) is -0.0170. The molecule has 110 valence electrons. The minimum atomic E-state index is -0.0170. The summed E-state index contributed by atoms with van der Waals surface area (Å²) in [4.78, 5) is 14.2. The third-order valence-electron chi connectivity index (χ3n) is 3.34. The molecule has 2 unspecified atom stereocenters. The topological polar surface area (TPSA) is 41.6 Å². The smallest absolute Gasteiger partial charge is 0.238 e. The van der Waals surface area contributed by atoms with Crippen molar-refractivity contribution in [2.45, 2.75) is 33.0 Å². The maximum Gasteiger partial charge on any atom is 0.238 e. The van der Waals surface area contributed by atoms with Gasteiger partial charge in [-0.2, -0.15) is 0 Å². The second-order valence-electron chi connectivity index (χ2n) is 5.46. The highest BCUT2D eigenvalue weighted by molar-refractivity contribution is 6.31. The lowest BCUT2D eigenvalue weighted by molar-refractivity contribution is -0.121. The van der Waals surface area contributed by atoms with Gasteiger partial charge >= 0.3 is 0 Å². The molecule has 4 nitrogen and oxygen atoms in total. The average Bonchev–Trinajstić information content (AvgIpc) is 2.32. The Balaban J connectivity index is 1.93. The van der Waals surface area contributed by atoms with Crippen LogP contribution in [-0.4, -0.2) is 42.6 Å². The first-order chi connectivity index (χ1) is 9.44. The summed E-state index contributed by atoms with van der Waals surface area (Å²) >= 11 is 5.95. The molecule has 1 aromatic rings. The molecule has 0 aliphatic carbocycles. The number of carbonyl (C=O) groups is 1. The lowest BCUT2D eigenvalue weighted by atomic mass is 10.2. The van der Waals surface area contributed by atoms with E-state index in [0.29, 0.717) is 11.6 Å². The van der Waals surface area contributed by atoms with E-state index in [1.807, 2.05) is 32.9 Å². The molecule has 1 aliphatic heterocycles. The Labute approximate surface area is 125 Å². The van der Waals surface area contributed by atoms with Gasteiger partial charge in [0.05, 0.1) is 18.8 Å². The molecule has 2 atom stereocenters. The largest absolute Gasteiger partial charge is 0.373 e. The molecular weight excluding hydrogens is 276 g/mol. The Morgan fingerprint density at radius 2 is 2.05 bits per heavy atom. The number of anilines is 1. The molecule has 0 aromatic heterocycles. The standard InChI is InChI=1S/C15H21ClN2O2/c1-10-4-5-13(16)6-14(10)17-15(19)9-18-7-11(2)20-12(3)8-18/h4-6,11-12H,7-9H2,1-3H3,(H,17,19). The van der Waals surface area contributed by atoms with Crippen molar-refractivity contribution in [2.24, 2.45) is 0 Å². The third-order valence-corrected chi connectivity index (χ3v) is 3.57. The van der Waals surface area contributed by atoms with Crippen LogP contribution in [0.4, 0.5) is 5.69 Å². The molecule has 1 amide bonds. The van der Waals surface area contributed by atoms with Crippen LogP contribution in [0.3, 0.4) is 0 Å². The number of halogens is 1. The third kappa shape index (κ3) is 4.20. The minimum absolute atomic E-state index is 0.0170. The number of aryl methyl sites for hydroxylation is 1. The van der Waals surface area contributed by atoms with E-state index in [0.717, 1.165) is 24.3 Å². The molecular formula is C15H21ClN2O2. The fourth-order valence-electron chi connectivity index (χ4n) is 2.54. The van der Waals surface area contributed by atoms with Gasteiger partial charge in [-0.3, -0.25) is 9.69 Å². The molecule has 1 fully saturated rings. The van der Waals surface area contributed by atoms with Gasteiger partial charge in [-0.25, -0.2) is 0 Å². The molecule has 1 saturated heterocycles. The van der Waals surface area contributed by atoms with Crippen LogP contribution >= 0.6 is 11.6 Å². The van der Waals surface area contributed by atoms with Crippen LogP contribution in [-0.2, 0) is 9.53 Å². The zero-order chi connectivity index (χ0) is 14.7. The average molecular weight is 297 g/mol.